The molecular formula is C18H17FIN5O3. The quantitative estimate of drug-likeness (QED) is 0.524. The zero-order chi connectivity index (χ0) is 20.4. The minimum atomic E-state index is -0.546. The normalized spacial score (nSPS) is 10.9. The van der Waals surface area contributed by atoms with E-state index in [0.717, 1.165) is 3.57 Å². The predicted octanol–water partition coefficient (Wildman–Crippen LogP) is 1.72. The van der Waals surface area contributed by atoms with Crippen LogP contribution in [0.3, 0.4) is 0 Å². The van der Waals surface area contributed by atoms with Crippen molar-refractivity contribution in [1.29, 1.82) is 0 Å². The van der Waals surface area contributed by atoms with Crippen molar-refractivity contribution in [2.24, 2.45) is 7.05 Å². The number of nitrogens with one attached hydrogen (secondary N) is 2. The van der Waals surface area contributed by atoms with Crippen LogP contribution in [0.4, 0.5) is 15.8 Å². The van der Waals surface area contributed by atoms with Gasteiger partial charge in [-0.2, -0.15) is 4.98 Å². The molecule has 0 fully saturated rings. The van der Waals surface area contributed by atoms with Crippen LogP contribution in [0.25, 0.3) is 11.0 Å². The van der Waals surface area contributed by atoms with E-state index in [2.05, 4.69) is 15.6 Å². The maximum absolute atomic E-state index is 14.2. The van der Waals surface area contributed by atoms with E-state index in [1.807, 2.05) is 22.6 Å². The van der Waals surface area contributed by atoms with E-state index in [1.165, 1.54) is 43.1 Å². The Bertz CT molecular complexity index is 1190. The van der Waals surface area contributed by atoms with Gasteiger partial charge in [-0.25, -0.2) is 4.39 Å². The summed E-state index contributed by atoms with van der Waals surface area (Å²) in [4.78, 5) is 39.9. The van der Waals surface area contributed by atoms with Gasteiger partial charge < -0.3 is 15.2 Å². The Balaban J connectivity index is 2.16. The van der Waals surface area contributed by atoms with Gasteiger partial charge in [0.2, 0.25) is 5.91 Å². The smallest absolute Gasteiger partial charge is 0.284 e. The van der Waals surface area contributed by atoms with Gasteiger partial charge in [0.1, 0.15) is 23.2 Å². The van der Waals surface area contributed by atoms with Gasteiger partial charge in [-0.15, -0.1) is 0 Å². The lowest BCUT2D eigenvalue weighted by atomic mass is 10.2. The topological polar surface area (TPSA) is 98.0 Å². The van der Waals surface area contributed by atoms with E-state index in [1.54, 1.807) is 10.6 Å². The van der Waals surface area contributed by atoms with Crippen LogP contribution in [0, 0.1) is 9.39 Å². The van der Waals surface area contributed by atoms with Gasteiger partial charge in [-0.3, -0.25) is 19.0 Å². The molecule has 8 nitrogen and oxygen atoms in total. The number of amides is 1. The molecule has 2 N–H and O–H groups in total. The lowest BCUT2D eigenvalue weighted by Crippen LogP contribution is -2.29. The Morgan fingerprint density at radius 2 is 2.00 bits per heavy atom. The molecule has 0 bridgehead atoms. The molecule has 0 aliphatic carbocycles. The predicted molar refractivity (Wildman–Crippen MR) is 112 cm³/mol. The number of fused-ring (bicyclic) bond motifs is 1. The molecular weight excluding hydrogens is 480 g/mol. The second-order valence-electron chi connectivity index (χ2n) is 6.13. The van der Waals surface area contributed by atoms with E-state index >= 15 is 0 Å². The summed E-state index contributed by atoms with van der Waals surface area (Å²) in [6.07, 6.45) is 1.32. The highest BCUT2D eigenvalue weighted by atomic mass is 127. The van der Waals surface area contributed by atoms with E-state index in [-0.39, 0.29) is 28.2 Å². The number of carbonyl (C=O) groups excluding carboxylic acids is 1. The Labute approximate surface area is 172 Å². The summed E-state index contributed by atoms with van der Waals surface area (Å²) >= 11 is 1.99. The number of hydrogen-bond donors (Lipinski definition) is 2. The number of carbonyl (C=O) groups is 1. The molecule has 1 aromatic carbocycles. The number of aryl methyl sites for hydroxylation is 1. The number of pyridine rings is 1. The largest absolute Gasteiger partial charge is 0.355 e. The molecule has 146 valence electrons. The van der Waals surface area contributed by atoms with E-state index in [0.29, 0.717) is 18.7 Å². The third kappa shape index (κ3) is 4.06. The average Bonchev–Trinajstić information content (AvgIpc) is 2.62. The Hall–Kier alpha value is -2.76. The number of aromatic nitrogens is 3. The van der Waals surface area contributed by atoms with Crippen LogP contribution in [-0.2, 0) is 18.4 Å². The molecule has 0 unspecified atom stereocenters. The zero-order valence-electron chi connectivity index (χ0n) is 15.1. The van der Waals surface area contributed by atoms with Crippen molar-refractivity contribution in [2.75, 3.05) is 11.9 Å². The molecule has 0 saturated heterocycles. The van der Waals surface area contributed by atoms with Crippen molar-refractivity contribution in [1.82, 2.24) is 19.4 Å². The van der Waals surface area contributed by atoms with Crippen LogP contribution in [0.2, 0.25) is 0 Å². The number of anilines is 2. The third-order valence-electron chi connectivity index (χ3n) is 4.14. The molecule has 3 rings (SSSR count). The van der Waals surface area contributed by atoms with Crippen molar-refractivity contribution >= 4 is 50.9 Å². The van der Waals surface area contributed by atoms with Crippen LogP contribution < -0.4 is 21.8 Å². The third-order valence-corrected chi connectivity index (χ3v) is 4.81. The first-order valence-electron chi connectivity index (χ1n) is 8.33. The van der Waals surface area contributed by atoms with Gasteiger partial charge in [0.05, 0.1) is 11.4 Å². The fourth-order valence-corrected chi connectivity index (χ4v) is 3.28. The van der Waals surface area contributed by atoms with E-state index in [9.17, 15) is 18.8 Å². The van der Waals surface area contributed by atoms with Crippen LogP contribution in [0.1, 0.15) is 6.92 Å². The van der Waals surface area contributed by atoms with E-state index in [4.69, 9.17) is 0 Å². The van der Waals surface area contributed by atoms with Gasteiger partial charge in [-0.1, -0.05) is 0 Å². The second kappa shape index (κ2) is 8.09. The summed E-state index contributed by atoms with van der Waals surface area (Å²) in [5.74, 6) is -0.695. The number of rotatable bonds is 5. The van der Waals surface area contributed by atoms with Crippen LogP contribution in [0.5, 0.6) is 0 Å². The SMILES string of the molecule is CC(=O)NCCn1cnc(=O)c2c(Nc3ccc(I)cc3F)cc(=O)n(C)c21. The Morgan fingerprint density at radius 1 is 1.25 bits per heavy atom. The molecule has 0 aliphatic rings. The van der Waals surface area contributed by atoms with Crippen molar-refractivity contribution in [2.45, 2.75) is 13.5 Å². The minimum absolute atomic E-state index is 0.142. The molecule has 0 atom stereocenters. The van der Waals surface area contributed by atoms with Crippen molar-refractivity contribution in [3.63, 3.8) is 0 Å². The molecule has 2 aromatic heterocycles. The monoisotopic (exact) mass is 497 g/mol. The summed E-state index contributed by atoms with van der Waals surface area (Å²) in [6.45, 7) is 2.00. The lowest BCUT2D eigenvalue weighted by molar-refractivity contribution is -0.118. The van der Waals surface area contributed by atoms with Crippen molar-refractivity contribution in [3.8, 4) is 0 Å². The summed E-state index contributed by atoms with van der Waals surface area (Å²) in [5, 5.41) is 5.65. The van der Waals surface area contributed by atoms with E-state index < -0.39 is 11.4 Å². The van der Waals surface area contributed by atoms with Crippen molar-refractivity contribution in [3.05, 3.63) is 60.7 Å². The molecule has 10 heteroatoms. The highest BCUT2D eigenvalue weighted by molar-refractivity contribution is 14.1. The Morgan fingerprint density at radius 3 is 2.68 bits per heavy atom. The lowest BCUT2D eigenvalue weighted by Gasteiger charge is -2.16. The summed E-state index contributed by atoms with van der Waals surface area (Å²) in [5.41, 5.74) is -0.284. The molecule has 0 aliphatic heterocycles. The highest BCUT2D eigenvalue weighted by Crippen LogP contribution is 2.25. The molecule has 1 amide bonds. The van der Waals surface area contributed by atoms with Crippen LogP contribution >= 0.6 is 22.6 Å². The maximum atomic E-state index is 14.2. The highest BCUT2D eigenvalue weighted by Gasteiger charge is 2.15. The molecule has 28 heavy (non-hydrogen) atoms. The van der Waals surface area contributed by atoms with Gasteiger partial charge in [0.25, 0.3) is 11.1 Å². The fourth-order valence-electron chi connectivity index (χ4n) is 2.82. The molecule has 0 saturated carbocycles. The zero-order valence-corrected chi connectivity index (χ0v) is 17.3. The van der Waals surface area contributed by atoms with Crippen LogP contribution in [-0.4, -0.2) is 26.6 Å². The van der Waals surface area contributed by atoms with Gasteiger partial charge >= 0.3 is 0 Å². The van der Waals surface area contributed by atoms with Gasteiger partial charge in [0.15, 0.2) is 0 Å². The molecule has 0 spiro atoms. The molecule has 3 aromatic rings. The first kappa shape index (κ1) is 20.0. The minimum Gasteiger partial charge on any atom is -0.355 e. The number of halogens is 2. The first-order chi connectivity index (χ1) is 13.3. The first-order valence-corrected chi connectivity index (χ1v) is 9.41. The van der Waals surface area contributed by atoms with Gasteiger partial charge in [0, 0.05) is 36.7 Å². The van der Waals surface area contributed by atoms with Crippen LogP contribution in [0.15, 0.2) is 40.2 Å². The standard InChI is InChI=1S/C18H17FIN5O3/c1-10(26)21-5-6-25-9-22-17(28)16-14(8-15(27)24(2)18(16)25)23-13-4-3-11(20)7-12(13)19/h3-4,7-9,23H,5-6H2,1-2H3,(H,21,26). The fraction of sp³-hybridized carbons (Fsp3) is 0.222. The number of nitrogens with zero attached hydrogens (tertiary/aromatic N) is 3. The maximum Gasteiger partial charge on any atom is 0.284 e. The summed E-state index contributed by atoms with van der Waals surface area (Å²) in [6, 6.07) is 5.82. The average molecular weight is 497 g/mol. The Kier molecular flexibility index (Phi) is 5.77. The summed E-state index contributed by atoms with van der Waals surface area (Å²) in [7, 11) is 1.54. The second-order valence-corrected chi connectivity index (χ2v) is 7.37. The number of hydrogen-bond acceptors (Lipinski definition) is 5. The van der Waals surface area contributed by atoms with Gasteiger partial charge in [-0.05, 0) is 40.8 Å². The molecule has 0 radical (unpaired) electrons. The molecule has 2 heterocycles. The number of benzene rings is 1. The van der Waals surface area contributed by atoms with Crippen molar-refractivity contribution < 1.29 is 9.18 Å². The summed E-state index contributed by atoms with van der Waals surface area (Å²) < 4.78 is 17.9.